The molecule has 0 fully saturated rings. The third-order valence-corrected chi connectivity index (χ3v) is 1.78. The Kier molecular flexibility index (Phi) is 3.28. The molecule has 0 radical (unpaired) electrons. The molecule has 1 rings (SSSR count). The molecule has 0 spiro atoms. The Morgan fingerprint density at radius 3 is 2.80 bits per heavy atom. The number of rotatable bonds is 4. The van der Waals surface area contributed by atoms with Crippen molar-refractivity contribution in [1.29, 1.82) is 0 Å². The van der Waals surface area contributed by atoms with Crippen LogP contribution in [0.25, 0.3) is 0 Å². The lowest BCUT2D eigenvalue weighted by atomic mass is 10.3. The normalized spacial score (nSPS) is 11.8. The lowest BCUT2D eigenvalue weighted by molar-refractivity contribution is 0.0696. The van der Waals surface area contributed by atoms with Crippen LogP contribution in [0.4, 0.5) is 0 Å². The van der Waals surface area contributed by atoms with Gasteiger partial charge in [0.05, 0.1) is 5.56 Å². The molecule has 80 valence electrons. The number of aromatic carboxylic acids is 1. The number of carboxylic acid groups (broad SMARTS) is 1. The summed E-state index contributed by atoms with van der Waals surface area (Å²) in [5.74, 6) is -1.62. The van der Waals surface area contributed by atoms with Crippen molar-refractivity contribution in [3.63, 3.8) is 0 Å². The van der Waals surface area contributed by atoms with E-state index in [0.717, 1.165) is 6.26 Å². The largest absolute Gasteiger partial charge is 0.478 e. The molecule has 1 amide bonds. The number of carboxylic acids is 1. The van der Waals surface area contributed by atoms with Crippen molar-refractivity contribution >= 4 is 11.9 Å². The maximum atomic E-state index is 11.4. The summed E-state index contributed by atoms with van der Waals surface area (Å²) in [6, 6.07) is 0.976. The molecular weight excluding hydrogens is 198 g/mol. The van der Waals surface area contributed by atoms with Gasteiger partial charge < -0.3 is 14.8 Å². The molecule has 0 aromatic carbocycles. The van der Waals surface area contributed by atoms with Crippen LogP contribution >= 0.6 is 0 Å². The van der Waals surface area contributed by atoms with Crippen LogP contribution in [0.5, 0.6) is 0 Å². The second-order valence-corrected chi connectivity index (χ2v) is 3.00. The van der Waals surface area contributed by atoms with Gasteiger partial charge in [0, 0.05) is 12.1 Å². The fourth-order valence-corrected chi connectivity index (χ4v) is 0.904. The van der Waals surface area contributed by atoms with Crippen LogP contribution in [0.3, 0.4) is 0 Å². The lowest BCUT2D eigenvalue weighted by Gasteiger charge is -2.06. The number of amides is 1. The molecule has 2 N–H and O–H groups in total. The van der Waals surface area contributed by atoms with Gasteiger partial charge >= 0.3 is 5.97 Å². The SMILES string of the molecule is C=CC(C)NC(=O)c1cc(C(=O)O)co1. The number of carbonyl (C=O) groups excluding carboxylic acids is 1. The number of hydrogen-bond donors (Lipinski definition) is 2. The molecule has 1 aromatic heterocycles. The first-order valence-corrected chi connectivity index (χ1v) is 4.30. The summed E-state index contributed by atoms with van der Waals surface area (Å²) in [7, 11) is 0. The van der Waals surface area contributed by atoms with E-state index < -0.39 is 11.9 Å². The Bertz CT molecular complexity index is 394. The first-order valence-electron chi connectivity index (χ1n) is 4.30. The van der Waals surface area contributed by atoms with Crippen molar-refractivity contribution in [3.8, 4) is 0 Å². The summed E-state index contributed by atoms with van der Waals surface area (Å²) in [6.07, 6.45) is 2.58. The van der Waals surface area contributed by atoms with Crippen molar-refractivity contribution in [1.82, 2.24) is 5.32 Å². The Morgan fingerprint density at radius 2 is 2.33 bits per heavy atom. The average molecular weight is 209 g/mol. The van der Waals surface area contributed by atoms with Crippen LogP contribution in [0, 0.1) is 0 Å². The van der Waals surface area contributed by atoms with E-state index in [1.54, 1.807) is 13.0 Å². The van der Waals surface area contributed by atoms with Crippen LogP contribution in [-0.2, 0) is 0 Å². The predicted octanol–water partition coefficient (Wildman–Crippen LogP) is 1.28. The van der Waals surface area contributed by atoms with Gasteiger partial charge in [0.15, 0.2) is 5.76 Å². The number of hydrogen-bond acceptors (Lipinski definition) is 3. The van der Waals surface area contributed by atoms with Gasteiger partial charge in [-0.1, -0.05) is 6.08 Å². The van der Waals surface area contributed by atoms with E-state index in [9.17, 15) is 9.59 Å². The quantitative estimate of drug-likeness (QED) is 0.732. The van der Waals surface area contributed by atoms with Gasteiger partial charge in [-0.15, -0.1) is 6.58 Å². The molecule has 15 heavy (non-hydrogen) atoms. The van der Waals surface area contributed by atoms with Gasteiger partial charge in [0.2, 0.25) is 0 Å². The van der Waals surface area contributed by atoms with Crippen molar-refractivity contribution in [2.45, 2.75) is 13.0 Å². The van der Waals surface area contributed by atoms with E-state index in [1.165, 1.54) is 6.07 Å². The zero-order valence-electron chi connectivity index (χ0n) is 8.19. The Morgan fingerprint density at radius 1 is 1.67 bits per heavy atom. The highest BCUT2D eigenvalue weighted by Crippen LogP contribution is 2.07. The smallest absolute Gasteiger partial charge is 0.338 e. The number of carbonyl (C=O) groups is 2. The molecule has 0 saturated carbocycles. The molecule has 0 saturated heterocycles. The van der Waals surface area contributed by atoms with E-state index in [2.05, 4.69) is 11.9 Å². The van der Waals surface area contributed by atoms with Crippen LogP contribution in [0.1, 0.15) is 27.8 Å². The fraction of sp³-hybridized carbons (Fsp3) is 0.200. The van der Waals surface area contributed by atoms with Crippen molar-refractivity contribution in [2.75, 3.05) is 0 Å². The molecule has 1 unspecified atom stereocenters. The minimum Gasteiger partial charge on any atom is -0.478 e. The fourth-order valence-electron chi connectivity index (χ4n) is 0.904. The second kappa shape index (κ2) is 4.45. The molecular formula is C10H11NO4. The van der Waals surface area contributed by atoms with Crippen LogP contribution in [-0.4, -0.2) is 23.0 Å². The van der Waals surface area contributed by atoms with Crippen molar-refractivity contribution in [3.05, 3.63) is 36.3 Å². The summed E-state index contributed by atoms with van der Waals surface area (Å²) in [4.78, 5) is 21.9. The average Bonchev–Trinajstić information content (AvgIpc) is 2.66. The van der Waals surface area contributed by atoms with Crippen molar-refractivity contribution in [2.24, 2.45) is 0 Å². The van der Waals surface area contributed by atoms with Crippen LogP contribution in [0.2, 0.25) is 0 Å². The van der Waals surface area contributed by atoms with E-state index in [-0.39, 0.29) is 17.4 Å². The first-order chi connectivity index (χ1) is 7.04. The van der Waals surface area contributed by atoms with Crippen LogP contribution < -0.4 is 5.32 Å². The lowest BCUT2D eigenvalue weighted by Crippen LogP contribution is -2.30. The number of nitrogens with one attached hydrogen (secondary N) is 1. The molecule has 5 nitrogen and oxygen atoms in total. The Labute approximate surface area is 86.4 Å². The van der Waals surface area contributed by atoms with Gasteiger partial charge in [-0.25, -0.2) is 4.79 Å². The molecule has 0 aliphatic carbocycles. The first kappa shape index (κ1) is 11.0. The van der Waals surface area contributed by atoms with Gasteiger partial charge in [-0.3, -0.25) is 4.79 Å². The summed E-state index contributed by atoms with van der Waals surface area (Å²) in [5.41, 5.74) is -0.0496. The van der Waals surface area contributed by atoms with Gasteiger partial charge in [-0.05, 0) is 6.92 Å². The van der Waals surface area contributed by atoms with Crippen molar-refractivity contribution < 1.29 is 19.1 Å². The zero-order valence-corrected chi connectivity index (χ0v) is 8.19. The molecule has 0 bridgehead atoms. The van der Waals surface area contributed by atoms with Crippen LogP contribution in [0.15, 0.2) is 29.4 Å². The highest BCUT2D eigenvalue weighted by atomic mass is 16.4. The minimum absolute atomic E-state index is 0.0268. The van der Waals surface area contributed by atoms with Gasteiger partial charge in [-0.2, -0.15) is 0 Å². The Balaban J connectivity index is 2.74. The molecule has 1 heterocycles. The maximum Gasteiger partial charge on any atom is 0.338 e. The van der Waals surface area contributed by atoms with E-state index >= 15 is 0 Å². The molecule has 0 aliphatic heterocycles. The molecule has 1 aromatic rings. The third-order valence-electron chi connectivity index (χ3n) is 1.78. The topological polar surface area (TPSA) is 79.5 Å². The summed E-state index contributed by atoms with van der Waals surface area (Å²) < 4.78 is 4.81. The summed E-state index contributed by atoms with van der Waals surface area (Å²) in [6.45, 7) is 5.24. The highest BCUT2D eigenvalue weighted by molar-refractivity contribution is 5.95. The standard InChI is InChI=1S/C10H11NO4/c1-3-6(2)11-9(12)8-4-7(5-15-8)10(13)14/h3-6H,1H2,2H3,(H,11,12)(H,13,14). The maximum absolute atomic E-state index is 11.4. The molecule has 0 aliphatic rings. The molecule has 5 heteroatoms. The summed E-state index contributed by atoms with van der Waals surface area (Å²) >= 11 is 0. The zero-order chi connectivity index (χ0) is 11.4. The summed E-state index contributed by atoms with van der Waals surface area (Å²) in [5, 5.41) is 11.2. The predicted molar refractivity (Wildman–Crippen MR) is 52.8 cm³/mol. The van der Waals surface area contributed by atoms with E-state index in [0.29, 0.717) is 0 Å². The van der Waals surface area contributed by atoms with E-state index in [1.807, 2.05) is 0 Å². The van der Waals surface area contributed by atoms with E-state index in [4.69, 9.17) is 9.52 Å². The molecule has 1 atom stereocenters. The minimum atomic E-state index is -1.13. The van der Waals surface area contributed by atoms with Gasteiger partial charge in [0.25, 0.3) is 5.91 Å². The number of furan rings is 1. The van der Waals surface area contributed by atoms with Gasteiger partial charge in [0.1, 0.15) is 6.26 Å². The Hall–Kier alpha value is -2.04. The second-order valence-electron chi connectivity index (χ2n) is 3.00. The highest BCUT2D eigenvalue weighted by Gasteiger charge is 2.15. The third kappa shape index (κ3) is 2.70. The monoisotopic (exact) mass is 209 g/mol.